The van der Waals surface area contributed by atoms with Crippen LogP contribution in [0.25, 0.3) is 10.6 Å². The number of nitrogens with zero attached hydrogens (tertiary/aromatic N) is 1. The van der Waals surface area contributed by atoms with Crippen LogP contribution in [0.2, 0.25) is 0 Å². The fourth-order valence-electron chi connectivity index (χ4n) is 1.75. The maximum atomic E-state index is 11.7. The van der Waals surface area contributed by atoms with Crippen molar-refractivity contribution in [3.8, 4) is 10.6 Å². The molecular weight excluding hydrogens is 258 g/mol. The van der Waals surface area contributed by atoms with Gasteiger partial charge in [-0.3, -0.25) is 4.79 Å². The summed E-state index contributed by atoms with van der Waals surface area (Å²) in [5.74, 6) is 0.0477. The number of nitrogens with one attached hydrogen (secondary N) is 2. The minimum absolute atomic E-state index is 0.0477. The maximum absolute atomic E-state index is 11.7. The van der Waals surface area contributed by atoms with Gasteiger partial charge in [0, 0.05) is 29.2 Å². The van der Waals surface area contributed by atoms with E-state index in [1.165, 1.54) is 0 Å². The molecule has 0 fully saturated rings. The van der Waals surface area contributed by atoms with Gasteiger partial charge in [0.1, 0.15) is 5.01 Å². The second kappa shape index (κ2) is 7.01. The van der Waals surface area contributed by atoms with E-state index in [9.17, 15) is 4.79 Å². The molecule has 0 aliphatic heterocycles. The molecule has 4 nitrogen and oxygen atoms in total. The zero-order valence-corrected chi connectivity index (χ0v) is 11.7. The first-order valence-corrected chi connectivity index (χ1v) is 7.12. The molecule has 1 aromatic heterocycles. The number of thiazole rings is 1. The number of rotatable bonds is 6. The fourth-order valence-corrected chi connectivity index (χ4v) is 2.38. The summed E-state index contributed by atoms with van der Waals surface area (Å²) >= 11 is 1.59. The van der Waals surface area contributed by atoms with Gasteiger partial charge in [-0.2, -0.15) is 0 Å². The molecule has 0 spiro atoms. The number of benzene rings is 1. The Balaban J connectivity index is 1.97. The van der Waals surface area contributed by atoms with E-state index in [0.29, 0.717) is 6.42 Å². The molecule has 1 amide bonds. The molecule has 0 atom stereocenters. The van der Waals surface area contributed by atoms with Crippen LogP contribution in [0.4, 0.5) is 5.69 Å². The standard InChI is InChI=1S/C14H17N3OS/c1-15-7-3-6-13(18)17-12-5-2-4-11(10-12)14-16-8-9-19-14/h2,4-5,8-10,15H,3,6-7H2,1H3,(H,17,18). The van der Waals surface area contributed by atoms with Crippen molar-refractivity contribution in [3.05, 3.63) is 35.8 Å². The maximum Gasteiger partial charge on any atom is 0.224 e. The Hall–Kier alpha value is -1.72. The van der Waals surface area contributed by atoms with Crippen molar-refractivity contribution in [2.75, 3.05) is 18.9 Å². The second-order valence-electron chi connectivity index (χ2n) is 4.17. The Morgan fingerprint density at radius 1 is 1.42 bits per heavy atom. The Labute approximate surface area is 116 Å². The van der Waals surface area contributed by atoms with E-state index < -0.39 is 0 Å². The highest BCUT2D eigenvalue weighted by molar-refractivity contribution is 7.13. The lowest BCUT2D eigenvalue weighted by molar-refractivity contribution is -0.116. The molecule has 0 saturated heterocycles. The summed E-state index contributed by atoms with van der Waals surface area (Å²) in [6.45, 7) is 0.854. The van der Waals surface area contributed by atoms with Gasteiger partial charge in [-0.25, -0.2) is 4.98 Å². The predicted molar refractivity (Wildman–Crippen MR) is 79.3 cm³/mol. The van der Waals surface area contributed by atoms with Crippen molar-refractivity contribution in [3.63, 3.8) is 0 Å². The normalized spacial score (nSPS) is 10.4. The molecule has 0 aliphatic rings. The molecule has 2 N–H and O–H groups in total. The third kappa shape index (κ3) is 4.15. The van der Waals surface area contributed by atoms with Crippen molar-refractivity contribution in [1.29, 1.82) is 0 Å². The van der Waals surface area contributed by atoms with Gasteiger partial charge in [0.25, 0.3) is 0 Å². The van der Waals surface area contributed by atoms with Crippen molar-refractivity contribution in [2.45, 2.75) is 12.8 Å². The molecule has 0 saturated carbocycles. The topological polar surface area (TPSA) is 54.0 Å². The smallest absolute Gasteiger partial charge is 0.224 e. The van der Waals surface area contributed by atoms with Gasteiger partial charge in [-0.1, -0.05) is 12.1 Å². The van der Waals surface area contributed by atoms with E-state index in [2.05, 4.69) is 15.6 Å². The van der Waals surface area contributed by atoms with Crippen LogP contribution >= 0.6 is 11.3 Å². The van der Waals surface area contributed by atoms with Crippen LogP contribution < -0.4 is 10.6 Å². The average Bonchev–Trinajstić information content (AvgIpc) is 2.93. The highest BCUT2D eigenvalue weighted by Crippen LogP contribution is 2.24. The molecule has 1 aromatic carbocycles. The molecular formula is C14H17N3OS. The zero-order chi connectivity index (χ0) is 13.5. The lowest BCUT2D eigenvalue weighted by Crippen LogP contribution is -2.15. The number of hydrogen-bond donors (Lipinski definition) is 2. The number of carbonyl (C=O) groups excluding carboxylic acids is 1. The monoisotopic (exact) mass is 275 g/mol. The van der Waals surface area contributed by atoms with E-state index in [4.69, 9.17) is 0 Å². The van der Waals surface area contributed by atoms with E-state index >= 15 is 0 Å². The van der Waals surface area contributed by atoms with Gasteiger partial charge in [0.15, 0.2) is 0 Å². The van der Waals surface area contributed by atoms with Crippen molar-refractivity contribution < 1.29 is 4.79 Å². The molecule has 2 aromatic rings. The van der Waals surface area contributed by atoms with Crippen LogP contribution in [-0.4, -0.2) is 24.5 Å². The zero-order valence-electron chi connectivity index (χ0n) is 10.8. The molecule has 0 aliphatic carbocycles. The fraction of sp³-hybridized carbons (Fsp3) is 0.286. The lowest BCUT2D eigenvalue weighted by Gasteiger charge is -2.06. The summed E-state index contributed by atoms with van der Waals surface area (Å²) in [5.41, 5.74) is 1.85. The summed E-state index contributed by atoms with van der Waals surface area (Å²) in [6, 6.07) is 7.78. The first-order chi connectivity index (χ1) is 9.29. The molecule has 0 unspecified atom stereocenters. The Morgan fingerprint density at radius 3 is 3.05 bits per heavy atom. The predicted octanol–water partition coefficient (Wildman–Crippen LogP) is 2.75. The van der Waals surface area contributed by atoms with Gasteiger partial charge in [-0.05, 0) is 32.1 Å². The quantitative estimate of drug-likeness (QED) is 0.797. The number of carbonyl (C=O) groups is 1. The minimum Gasteiger partial charge on any atom is -0.326 e. The van der Waals surface area contributed by atoms with Gasteiger partial charge in [0.05, 0.1) is 0 Å². The lowest BCUT2D eigenvalue weighted by atomic mass is 10.2. The number of amides is 1. The number of anilines is 1. The van der Waals surface area contributed by atoms with Crippen LogP contribution in [0.5, 0.6) is 0 Å². The van der Waals surface area contributed by atoms with Crippen molar-refractivity contribution in [1.82, 2.24) is 10.3 Å². The van der Waals surface area contributed by atoms with Crippen LogP contribution in [0.15, 0.2) is 35.8 Å². The Morgan fingerprint density at radius 2 is 2.32 bits per heavy atom. The van der Waals surface area contributed by atoms with E-state index in [1.54, 1.807) is 17.5 Å². The van der Waals surface area contributed by atoms with Crippen LogP contribution in [0.3, 0.4) is 0 Å². The minimum atomic E-state index is 0.0477. The molecule has 2 rings (SSSR count). The third-order valence-corrected chi connectivity index (χ3v) is 3.48. The van der Waals surface area contributed by atoms with E-state index in [-0.39, 0.29) is 5.91 Å². The van der Waals surface area contributed by atoms with Crippen molar-refractivity contribution in [2.24, 2.45) is 0 Å². The number of hydrogen-bond acceptors (Lipinski definition) is 4. The molecule has 5 heteroatoms. The first-order valence-electron chi connectivity index (χ1n) is 6.24. The van der Waals surface area contributed by atoms with Gasteiger partial charge in [-0.15, -0.1) is 11.3 Å². The summed E-state index contributed by atoms with van der Waals surface area (Å²) in [6.07, 6.45) is 3.15. The first kappa shape index (κ1) is 13.7. The third-order valence-electron chi connectivity index (χ3n) is 2.66. The number of aromatic nitrogens is 1. The molecule has 1 heterocycles. The van der Waals surface area contributed by atoms with Crippen LogP contribution in [0, 0.1) is 0 Å². The Kier molecular flexibility index (Phi) is 5.06. The molecule has 0 bridgehead atoms. The average molecular weight is 275 g/mol. The SMILES string of the molecule is CNCCCC(=O)Nc1cccc(-c2nccs2)c1. The molecule has 19 heavy (non-hydrogen) atoms. The van der Waals surface area contributed by atoms with Gasteiger partial charge in [0.2, 0.25) is 5.91 Å². The summed E-state index contributed by atoms with van der Waals surface area (Å²) in [5, 5.41) is 8.85. The largest absolute Gasteiger partial charge is 0.326 e. The highest BCUT2D eigenvalue weighted by atomic mass is 32.1. The van der Waals surface area contributed by atoms with Gasteiger partial charge < -0.3 is 10.6 Å². The summed E-state index contributed by atoms with van der Waals surface area (Å²) < 4.78 is 0. The summed E-state index contributed by atoms with van der Waals surface area (Å²) in [7, 11) is 1.88. The van der Waals surface area contributed by atoms with E-state index in [0.717, 1.165) is 29.2 Å². The van der Waals surface area contributed by atoms with E-state index in [1.807, 2.05) is 36.7 Å². The van der Waals surface area contributed by atoms with Crippen LogP contribution in [0.1, 0.15) is 12.8 Å². The van der Waals surface area contributed by atoms with Gasteiger partial charge >= 0.3 is 0 Å². The van der Waals surface area contributed by atoms with Crippen molar-refractivity contribution >= 4 is 22.9 Å². The summed E-state index contributed by atoms with van der Waals surface area (Å²) in [4.78, 5) is 16.0. The highest BCUT2D eigenvalue weighted by Gasteiger charge is 2.04. The van der Waals surface area contributed by atoms with Crippen LogP contribution in [-0.2, 0) is 4.79 Å². The molecule has 0 radical (unpaired) electrons. The Bertz CT molecular complexity index is 525. The second-order valence-corrected chi connectivity index (χ2v) is 5.07. The molecule has 100 valence electrons.